The van der Waals surface area contributed by atoms with Gasteiger partial charge in [-0.3, -0.25) is 10.2 Å². The molecule has 7 nitrogen and oxygen atoms in total. The number of thioether (sulfide) groups is 1. The normalized spacial score (nSPS) is 17.9. The zero-order valence-electron chi connectivity index (χ0n) is 17.2. The Morgan fingerprint density at radius 3 is 2.53 bits per heavy atom. The van der Waals surface area contributed by atoms with Crippen molar-refractivity contribution in [1.29, 1.82) is 10.8 Å². The number of carbonyl (C=O) groups is 1. The van der Waals surface area contributed by atoms with E-state index in [1.54, 1.807) is 6.92 Å². The number of allylic oxidation sites excluding steroid dienone is 1. The van der Waals surface area contributed by atoms with Crippen LogP contribution in [0.4, 0.5) is 5.82 Å². The first kappa shape index (κ1) is 20.3. The zero-order valence-corrected chi connectivity index (χ0v) is 18.0. The molecule has 0 atom stereocenters. The number of anilines is 1. The number of fused-ring (bicyclic) bond motifs is 1. The Labute approximate surface area is 179 Å². The van der Waals surface area contributed by atoms with Crippen LogP contribution in [0.1, 0.15) is 55.2 Å². The summed E-state index contributed by atoms with van der Waals surface area (Å²) in [4.78, 5) is 21.8. The number of nitrogens with zero attached hydrogens (tertiary/aromatic N) is 2. The molecular formula is C22H24N6OS. The van der Waals surface area contributed by atoms with Crippen LogP contribution in [0.2, 0.25) is 0 Å². The van der Waals surface area contributed by atoms with E-state index in [1.807, 2.05) is 31.2 Å². The van der Waals surface area contributed by atoms with Gasteiger partial charge in [0, 0.05) is 28.9 Å². The molecule has 4 rings (SSSR count). The molecule has 0 bridgehead atoms. The molecule has 1 saturated carbocycles. The minimum absolute atomic E-state index is 0.0298. The maximum atomic E-state index is 12.3. The quantitative estimate of drug-likeness (QED) is 0.521. The van der Waals surface area contributed by atoms with Crippen molar-refractivity contribution in [2.45, 2.75) is 50.6 Å². The summed E-state index contributed by atoms with van der Waals surface area (Å²) < 4.78 is 0. The Hall–Kier alpha value is -3.00. The van der Waals surface area contributed by atoms with Crippen LogP contribution in [0.15, 0.2) is 41.1 Å². The summed E-state index contributed by atoms with van der Waals surface area (Å²) in [5.74, 6) is 0.637. The van der Waals surface area contributed by atoms with Gasteiger partial charge in [0.1, 0.15) is 17.2 Å². The Kier molecular flexibility index (Phi) is 5.19. The summed E-state index contributed by atoms with van der Waals surface area (Å²) in [6, 6.07) is 7.54. The minimum Gasteiger partial charge on any atom is -0.365 e. The van der Waals surface area contributed by atoms with Gasteiger partial charge in [0.05, 0.1) is 10.6 Å². The van der Waals surface area contributed by atoms with Gasteiger partial charge in [0.25, 0.3) is 5.91 Å². The van der Waals surface area contributed by atoms with Crippen LogP contribution in [0.5, 0.6) is 0 Å². The summed E-state index contributed by atoms with van der Waals surface area (Å²) in [6.07, 6.45) is 3.56. The molecule has 1 fully saturated rings. The zero-order chi connectivity index (χ0) is 21.5. The van der Waals surface area contributed by atoms with Crippen molar-refractivity contribution in [2.24, 2.45) is 0 Å². The second kappa shape index (κ2) is 7.68. The van der Waals surface area contributed by atoms with Crippen LogP contribution in [-0.4, -0.2) is 32.2 Å². The van der Waals surface area contributed by atoms with Gasteiger partial charge in [-0.25, -0.2) is 9.97 Å². The van der Waals surface area contributed by atoms with Crippen LogP contribution >= 0.6 is 11.8 Å². The summed E-state index contributed by atoms with van der Waals surface area (Å²) in [7, 11) is 0. The molecule has 1 aliphatic carbocycles. The SMILES string of the molecule is CC(=N)/C(C)=C1\C(=N)Sc2c(NCc3ccc(C(=O)NC4(C)CC4)cc3)ncnc21. The molecule has 8 heteroatoms. The van der Waals surface area contributed by atoms with E-state index in [-0.39, 0.29) is 11.4 Å². The average molecular weight is 421 g/mol. The second-order valence-corrected chi connectivity index (χ2v) is 9.04. The third-order valence-electron chi connectivity index (χ3n) is 5.50. The highest BCUT2D eigenvalue weighted by molar-refractivity contribution is 8.15. The van der Waals surface area contributed by atoms with Gasteiger partial charge in [-0.05, 0) is 56.9 Å². The van der Waals surface area contributed by atoms with E-state index >= 15 is 0 Å². The van der Waals surface area contributed by atoms with Crippen LogP contribution in [0.25, 0.3) is 5.57 Å². The van der Waals surface area contributed by atoms with Gasteiger partial charge in [0.2, 0.25) is 0 Å². The molecule has 30 heavy (non-hydrogen) atoms. The van der Waals surface area contributed by atoms with Crippen molar-refractivity contribution in [3.63, 3.8) is 0 Å². The number of carbonyl (C=O) groups excluding carboxylic acids is 1. The number of hydrogen-bond donors (Lipinski definition) is 4. The standard InChI is InChI=1S/C22H24N6OS/c1-12(13(2)23)16-17-18(30-19(16)24)20(27-11-26-17)25-10-14-4-6-15(7-5-14)21(29)28-22(3)8-9-22/h4-7,11,23-24H,8-10H2,1-3H3,(H,28,29)(H,25,26,27)/b16-12-,23-13?,24-19?. The predicted octanol–water partition coefficient (Wildman–Crippen LogP) is 4.27. The number of rotatable bonds is 6. The summed E-state index contributed by atoms with van der Waals surface area (Å²) in [6.45, 7) is 6.16. The molecule has 2 aliphatic rings. The van der Waals surface area contributed by atoms with E-state index in [1.165, 1.54) is 18.1 Å². The van der Waals surface area contributed by atoms with Crippen molar-refractivity contribution in [1.82, 2.24) is 15.3 Å². The number of hydrogen-bond acceptors (Lipinski definition) is 7. The van der Waals surface area contributed by atoms with Gasteiger partial charge >= 0.3 is 0 Å². The molecule has 0 radical (unpaired) electrons. The monoisotopic (exact) mass is 420 g/mol. The molecule has 1 aromatic carbocycles. The second-order valence-electron chi connectivity index (χ2n) is 8.02. The first-order valence-electron chi connectivity index (χ1n) is 9.81. The van der Waals surface area contributed by atoms with E-state index in [0.717, 1.165) is 28.9 Å². The van der Waals surface area contributed by atoms with Crippen LogP contribution in [-0.2, 0) is 6.54 Å². The maximum Gasteiger partial charge on any atom is 0.251 e. The van der Waals surface area contributed by atoms with Crippen molar-refractivity contribution in [3.8, 4) is 0 Å². The van der Waals surface area contributed by atoms with Gasteiger partial charge in [-0.15, -0.1) is 0 Å². The third-order valence-corrected chi connectivity index (χ3v) is 6.50. The Morgan fingerprint density at radius 2 is 1.90 bits per heavy atom. The summed E-state index contributed by atoms with van der Waals surface area (Å²) in [5, 5.41) is 23.0. The molecule has 0 saturated heterocycles. The molecule has 1 amide bonds. The number of aromatic nitrogens is 2. The molecular weight excluding hydrogens is 396 g/mol. The van der Waals surface area contributed by atoms with Crippen molar-refractivity contribution in [3.05, 3.63) is 53.0 Å². The van der Waals surface area contributed by atoms with Crippen LogP contribution < -0.4 is 10.6 Å². The van der Waals surface area contributed by atoms with Gasteiger partial charge < -0.3 is 16.0 Å². The maximum absolute atomic E-state index is 12.3. The summed E-state index contributed by atoms with van der Waals surface area (Å²) >= 11 is 1.31. The lowest BCUT2D eigenvalue weighted by Crippen LogP contribution is -2.34. The number of amides is 1. The van der Waals surface area contributed by atoms with Gasteiger partial charge in [0.15, 0.2) is 0 Å². The lowest BCUT2D eigenvalue weighted by atomic mass is 10.0. The summed E-state index contributed by atoms with van der Waals surface area (Å²) in [5.41, 5.74) is 4.24. The van der Waals surface area contributed by atoms with Crippen molar-refractivity contribution >= 4 is 39.8 Å². The predicted molar refractivity (Wildman–Crippen MR) is 120 cm³/mol. The molecule has 2 heterocycles. The highest BCUT2D eigenvalue weighted by Gasteiger charge is 2.38. The van der Waals surface area contributed by atoms with Crippen molar-refractivity contribution in [2.75, 3.05) is 5.32 Å². The molecule has 2 aromatic rings. The molecule has 4 N–H and O–H groups in total. The van der Waals surface area contributed by atoms with Gasteiger partial charge in [-0.1, -0.05) is 23.9 Å². The van der Waals surface area contributed by atoms with E-state index in [4.69, 9.17) is 10.8 Å². The first-order valence-corrected chi connectivity index (χ1v) is 10.6. The first-order chi connectivity index (χ1) is 14.3. The highest BCUT2D eigenvalue weighted by Crippen LogP contribution is 2.44. The van der Waals surface area contributed by atoms with E-state index in [9.17, 15) is 4.79 Å². The average Bonchev–Trinajstić information content (AvgIpc) is 3.34. The Bertz CT molecular complexity index is 1090. The van der Waals surface area contributed by atoms with E-state index in [2.05, 4.69) is 27.5 Å². The van der Waals surface area contributed by atoms with Crippen LogP contribution in [0, 0.1) is 10.8 Å². The Morgan fingerprint density at radius 1 is 1.20 bits per heavy atom. The molecule has 154 valence electrons. The molecule has 1 aliphatic heterocycles. The molecule has 0 spiro atoms. The smallest absolute Gasteiger partial charge is 0.251 e. The minimum atomic E-state index is -0.0331. The highest BCUT2D eigenvalue weighted by atomic mass is 32.2. The lowest BCUT2D eigenvalue weighted by molar-refractivity contribution is 0.0935. The Balaban J connectivity index is 1.48. The molecule has 0 unspecified atom stereocenters. The topological polar surface area (TPSA) is 115 Å². The number of nitrogens with one attached hydrogen (secondary N) is 4. The van der Waals surface area contributed by atoms with E-state index in [0.29, 0.717) is 39.9 Å². The van der Waals surface area contributed by atoms with Gasteiger partial charge in [-0.2, -0.15) is 0 Å². The molecule has 1 aromatic heterocycles. The fourth-order valence-corrected chi connectivity index (χ4v) is 4.22. The lowest BCUT2D eigenvalue weighted by Gasteiger charge is -2.12. The largest absolute Gasteiger partial charge is 0.365 e. The van der Waals surface area contributed by atoms with E-state index < -0.39 is 0 Å². The fourth-order valence-electron chi connectivity index (χ4n) is 3.19. The number of benzene rings is 1. The van der Waals surface area contributed by atoms with Crippen LogP contribution in [0.3, 0.4) is 0 Å². The fraction of sp³-hybridized carbons (Fsp3) is 0.318. The van der Waals surface area contributed by atoms with Crippen molar-refractivity contribution < 1.29 is 4.79 Å². The third kappa shape index (κ3) is 4.00.